The highest BCUT2D eigenvalue weighted by molar-refractivity contribution is 6.76. The van der Waals surface area contributed by atoms with Crippen molar-refractivity contribution in [2.24, 2.45) is 7.05 Å². The Bertz CT molecular complexity index is 1390. The predicted molar refractivity (Wildman–Crippen MR) is 147 cm³/mol. The minimum absolute atomic E-state index is 0.159. The van der Waals surface area contributed by atoms with E-state index in [9.17, 15) is 9.50 Å². The molecule has 0 amide bonds. The third-order valence-corrected chi connectivity index (χ3v) is 8.43. The summed E-state index contributed by atoms with van der Waals surface area (Å²) in [4.78, 5) is 0. The molecular formula is C28H37FN4O3Si. The zero-order chi connectivity index (χ0) is 26.7. The van der Waals surface area contributed by atoms with E-state index in [0.29, 0.717) is 37.8 Å². The van der Waals surface area contributed by atoms with Crippen molar-refractivity contribution in [1.29, 1.82) is 0 Å². The second kappa shape index (κ2) is 11.2. The van der Waals surface area contributed by atoms with E-state index in [1.807, 2.05) is 43.8 Å². The van der Waals surface area contributed by atoms with E-state index in [1.165, 1.54) is 12.1 Å². The van der Waals surface area contributed by atoms with Crippen molar-refractivity contribution < 1.29 is 19.0 Å². The molecule has 0 aliphatic rings. The first kappa shape index (κ1) is 27.0. The molecule has 7 nitrogen and oxygen atoms in total. The highest BCUT2D eigenvalue weighted by atomic mass is 28.3. The van der Waals surface area contributed by atoms with Crippen molar-refractivity contribution in [2.75, 3.05) is 13.2 Å². The van der Waals surface area contributed by atoms with Crippen molar-refractivity contribution in [1.82, 2.24) is 19.6 Å². The molecule has 2 heterocycles. The van der Waals surface area contributed by atoms with Gasteiger partial charge in [0.2, 0.25) is 0 Å². The van der Waals surface area contributed by atoms with Crippen molar-refractivity contribution >= 4 is 19.0 Å². The molecule has 0 aliphatic heterocycles. The van der Waals surface area contributed by atoms with Crippen molar-refractivity contribution in [3.05, 3.63) is 64.9 Å². The fourth-order valence-electron chi connectivity index (χ4n) is 4.45. The number of rotatable bonds is 11. The number of aromatic nitrogens is 4. The van der Waals surface area contributed by atoms with Crippen LogP contribution in [0, 0.1) is 19.7 Å². The Morgan fingerprint density at radius 1 is 1.03 bits per heavy atom. The first-order valence-electron chi connectivity index (χ1n) is 12.7. The lowest BCUT2D eigenvalue weighted by Crippen LogP contribution is -2.22. The van der Waals surface area contributed by atoms with Crippen molar-refractivity contribution in [3.8, 4) is 16.9 Å². The number of aryl methyl sites for hydroxylation is 2. The van der Waals surface area contributed by atoms with Crippen LogP contribution in [0.2, 0.25) is 25.7 Å². The molecule has 0 atom stereocenters. The number of nitrogens with zero attached hydrogens (tertiary/aromatic N) is 4. The van der Waals surface area contributed by atoms with Gasteiger partial charge in [-0.3, -0.25) is 4.68 Å². The number of fused-ring (bicyclic) bond motifs is 1. The molecular weight excluding hydrogens is 487 g/mol. The van der Waals surface area contributed by atoms with Crippen LogP contribution in [-0.2, 0) is 31.5 Å². The van der Waals surface area contributed by atoms with Gasteiger partial charge in [-0.05, 0) is 55.3 Å². The van der Waals surface area contributed by atoms with Crippen molar-refractivity contribution in [2.45, 2.75) is 59.3 Å². The second-order valence-electron chi connectivity index (χ2n) is 10.7. The van der Waals surface area contributed by atoms with Gasteiger partial charge in [0.05, 0.1) is 30.1 Å². The van der Waals surface area contributed by atoms with E-state index in [-0.39, 0.29) is 12.4 Å². The van der Waals surface area contributed by atoms with Gasteiger partial charge in [0.25, 0.3) is 0 Å². The average Bonchev–Trinajstić information content (AvgIpc) is 3.31. The zero-order valence-corrected chi connectivity index (χ0v) is 23.6. The molecule has 2 aromatic carbocycles. The van der Waals surface area contributed by atoms with Crippen LogP contribution in [0.5, 0.6) is 5.75 Å². The average molecular weight is 525 g/mol. The van der Waals surface area contributed by atoms with E-state index in [0.717, 1.165) is 45.0 Å². The molecule has 198 valence electrons. The first-order chi connectivity index (χ1) is 17.6. The summed E-state index contributed by atoms with van der Waals surface area (Å²) in [6, 6.07) is 11.5. The Morgan fingerprint density at radius 3 is 2.49 bits per heavy atom. The number of benzene rings is 2. The normalized spacial score (nSPS) is 12.0. The van der Waals surface area contributed by atoms with Gasteiger partial charge < -0.3 is 14.6 Å². The lowest BCUT2D eigenvalue weighted by molar-refractivity contribution is 0.0738. The van der Waals surface area contributed by atoms with Crippen LogP contribution in [0.1, 0.15) is 22.6 Å². The van der Waals surface area contributed by atoms with Crippen LogP contribution in [0.4, 0.5) is 4.39 Å². The van der Waals surface area contributed by atoms with Gasteiger partial charge in [-0.25, -0.2) is 9.07 Å². The fraction of sp³-hybridized carbons (Fsp3) is 0.429. The van der Waals surface area contributed by atoms with Crippen molar-refractivity contribution in [3.63, 3.8) is 0 Å². The summed E-state index contributed by atoms with van der Waals surface area (Å²) in [5.74, 6) is 0.124. The van der Waals surface area contributed by atoms with Gasteiger partial charge in [0.1, 0.15) is 18.3 Å². The highest BCUT2D eigenvalue weighted by Crippen LogP contribution is 2.34. The third-order valence-electron chi connectivity index (χ3n) is 6.73. The molecule has 0 spiro atoms. The Kier molecular flexibility index (Phi) is 8.16. The minimum atomic E-state index is -1.18. The molecule has 0 saturated carbocycles. The molecule has 37 heavy (non-hydrogen) atoms. The van der Waals surface area contributed by atoms with Crippen LogP contribution < -0.4 is 4.74 Å². The molecule has 0 unspecified atom stereocenters. The Balaban J connectivity index is 1.56. The SMILES string of the molecule is Cc1nn(C)c(C)c1CCOc1cc(F)ccc1-c1ccc2nn(COCC[Si](C)(C)C)c(CO)c2c1. The van der Waals surface area contributed by atoms with E-state index >= 15 is 0 Å². The molecule has 0 aliphatic carbocycles. The predicted octanol–water partition coefficient (Wildman–Crippen LogP) is 5.62. The van der Waals surface area contributed by atoms with Gasteiger partial charge in [0.15, 0.2) is 0 Å². The Labute approximate surface area is 218 Å². The third kappa shape index (κ3) is 6.29. The lowest BCUT2D eigenvalue weighted by Gasteiger charge is -2.15. The van der Waals surface area contributed by atoms with Gasteiger partial charge in [-0.15, -0.1) is 0 Å². The standard InChI is InChI=1S/C28H37FN4O3Si/c1-19-23(20(2)32(3)30-19)11-12-36-28-16-22(29)8-9-24(28)21-7-10-26-25(15-21)27(17-34)33(31-26)18-35-13-14-37(4,5)6/h7-10,15-16,34H,11-14,17-18H2,1-6H3. The molecule has 4 rings (SSSR count). The summed E-state index contributed by atoms with van der Waals surface area (Å²) >= 11 is 0. The monoisotopic (exact) mass is 524 g/mol. The van der Waals surface area contributed by atoms with Crippen LogP contribution in [0.15, 0.2) is 36.4 Å². The van der Waals surface area contributed by atoms with Crippen LogP contribution in [-0.4, -0.2) is 46.0 Å². The maximum atomic E-state index is 14.2. The van der Waals surface area contributed by atoms with E-state index in [2.05, 4.69) is 29.8 Å². The summed E-state index contributed by atoms with van der Waals surface area (Å²) in [7, 11) is 0.742. The van der Waals surface area contributed by atoms with Gasteiger partial charge >= 0.3 is 0 Å². The molecule has 2 aromatic heterocycles. The number of halogens is 1. The minimum Gasteiger partial charge on any atom is -0.492 e. The molecule has 0 fully saturated rings. The van der Waals surface area contributed by atoms with Gasteiger partial charge in [0, 0.05) is 50.9 Å². The summed E-state index contributed by atoms with van der Waals surface area (Å²) in [5.41, 5.74) is 6.34. The molecule has 0 bridgehead atoms. The Hall–Kier alpha value is -3.01. The second-order valence-corrected chi connectivity index (χ2v) is 16.3. The van der Waals surface area contributed by atoms with Gasteiger partial charge in [-0.1, -0.05) is 25.7 Å². The number of hydrogen-bond donors (Lipinski definition) is 1. The smallest absolute Gasteiger partial charge is 0.139 e. The maximum absolute atomic E-state index is 14.2. The fourth-order valence-corrected chi connectivity index (χ4v) is 5.21. The lowest BCUT2D eigenvalue weighted by atomic mass is 10.0. The van der Waals surface area contributed by atoms with Gasteiger partial charge in [-0.2, -0.15) is 10.2 Å². The topological polar surface area (TPSA) is 74.3 Å². The largest absolute Gasteiger partial charge is 0.492 e. The molecule has 4 aromatic rings. The quantitative estimate of drug-likeness (QED) is 0.204. The highest BCUT2D eigenvalue weighted by Gasteiger charge is 2.16. The number of ether oxygens (including phenoxy) is 2. The Morgan fingerprint density at radius 2 is 1.81 bits per heavy atom. The first-order valence-corrected chi connectivity index (χ1v) is 16.4. The van der Waals surface area contributed by atoms with E-state index < -0.39 is 8.07 Å². The van der Waals surface area contributed by atoms with Crippen LogP contribution in [0.3, 0.4) is 0 Å². The van der Waals surface area contributed by atoms with Crippen LogP contribution in [0.25, 0.3) is 22.0 Å². The summed E-state index contributed by atoms with van der Waals surface area (Å²) < 4.78 is 29.7. The molecule has 9 heteroatoms. The van der Waals surface area contributed by atoms with Crippen LogP contribution >= 0.6 is 0 Å². The summed E-state index contributed by atoms with van der Waals surface area (Å²) in [6.45, 7) is 12.2. The number of aliphatic hydroxyl groups is 1. The molecule has 1 N–H and O–H groups in total. The number of aliphatic hydroxyl groups excluding tert-OH is 1. The maximum Gasteiger partial charge on any atom is 0.139 e. The van der Waals surface area contributed by atoms with E-state index in [1.54, 1.807) is 10.7 Å². The zero-order valence-electron chi connectivity index (χ0n) is 22.6. The number of hydrogen-bond acceptors (Lipinski definition) is 5. The summed E-state index contributed by atoms with van der Waals surface area (Å²) in [5, 5.41) is 20.1. The molecule has 0 saturated heterocycles. The van der Waals surface area contributed by atoms with E-state index in [4.69, 9.17) is 9.47 Å². The summed E-state index contributed by atoms with van der Waals surface area (Å²) in [6.07, 6.45) is 0.680. The molecule has 0 radical (unpaired) electrons.